The van der Waals surface area contributed by atoms with E-state index in [4.69, 9.17) is 14.2 Å². The topological polar surface area (TPSA) is 57.3 Å². The van der Waals surface area contributed by atoms with Crippen LogP contribution in [0.2, 0.25) is 0 Å². The first kappa shape index (κ1) is 16.4. The normalized spacial score (nSPS) is 20.0. The minimum Gasteiger partial charge on any atom is -0.493 e. The van der Waals surface area contributed by atoms with Gasteiger partial charge in [0.15, 0.2) is 11.5 Å². The molecule has 0 saturated carbocycles. The van der Waals surface area contributed by atoms with Gasteiger partial charge >= 0.3 is 5.97 Å². The fourth-order valence-electron chi connectivity index (χ4n) is 2.34. The molecule has 0 amide bonds. The summed E-state index contributed by atoms with van der Waals surface area (Å²) >= 11 is 0. The van der Waals surface area contributed by atoms with Crippen molar-refractivity contribution in [3.8, 4) is 11.5 Å². The second-order valence-electron chi connectivity index (χ2n) is 5.10. The van der Waals surface area contributed by atoms with E-state index in [1.54, 1.807) is 20.3 Å². The average molecular weight is 306 g/mol. The molecule has 0 bridgehead atoms. The Morgan fingerprint density at radius 1 is 1.23 bits per heavy atom. The lowest BCUT2D eigenvalue weighted by Gasteiger charge is -2.09. The number of carbonyl (C=O) groups excluding carboxylic acids is 1. The van der Waals surface area contributed by atoms with Crippen LogP contribution in [0.5, 0.6) is 11.5 Å². The van der Waals surface area contributed by atoms with Gasteiger partial charge in [-0.1, -0.05) is 6.07 Å². The lowest BCUT2D eigenvalue weighted by Crippen LogP contribution is -1.97. The Labute approximate surface area is 130 Å². The molecule has 2 rings (SSSR count). The van der Waals surface area contributed by atoms with Crippen LogP contribution in [-0.4, -0.2) is 39.5 Å². The van der Waals surface area contributed by atoms with E-state index in [1.807, 2.05) is 18.2 Å². The smallest absolute Gasteiger partial charge is 0.330 e. The second-order valence-corrected chi connectivity index (χ2v) is 5.10. The van der Waals surface area contributed by atoms with E-state index in [1.165, 1.54) is 18.7 Å². The molecular weight excluding hydrogens is 284 g/mol. The van der Waals surface area contributed by atoms with Crippen molar-refractivity contribution in [1.82, 2.24) is 0 Å². The van der Waals surface area contributed by atoms with E-state index in [0.717, 1.165) is 30.8 Å². The molecular formula is C17H22O5. The summed E-state index contributed by atoms with van der Waals surface area (Å²) in [4.78, 5) is 11.0. The zero-order valence-corrected chi connectivity index (χ0v) is 13.2. The molecule has 1 aromatic carbocycles. The van der Waals surface area contributed by atoms with Crippen LogP contribution in [0, 0.1) is 0 Å². The molecule has 0 unspecified atom stereocenters. The van der Waals surface area contributed by atoms with Crippen molar-refractivity contribution in [1.29, 1.82) is 0 Å². The lowest BCUT2D eigenvalue weighted by molar-refractivity contribution is -0.134. The van der Waals surface area contributed by atoms with Crippen LogP contribution in [0.15, 0.2) is 30.4 Å². The summed E-state index contributed by atoms with van der Waals surface area (Å²) in [7, 11) is 4.63. The quantitative estimate of drug-likeness (QED) is 0.419. The first-order valence-corrected chi connectivity index (χ1v) is 7.30. The molecule has 1 fully saturated rings. The molecule has 22 heavy (non-hydrogen) atoms. The van der Waals surface area contributed by atoms with Crippen LogP contribution in [0.25, 0.3) is 0 Å². The molecule has 2 atom stereocenters. The zero-order chi connectivity index (χ0) is 15.9. The summed E-state index contributed by atoms with van der Waals surface area (Å²) < 4.78 is 20.6. The monoisotopic (exact) mass is 306 g/mol. The van der Waals surface area contributed by atoms with Crippen molar-refractivity contribution in [3.05, 3.63) is 35.9 Å². The third kappa shape index (κ3) is 4.49. The number of carbonyl (C=O) groups is 1. The van der Waals surface area contributed by atoms with Crippen LogP contribution in [0.4, 0.5) is 0 Å². The summed E-state index contributed by atoms with van der Waals surface area (Å²) in [6, 6.07) is 5.97. The summed E-state index contributed by atoms with van der Waals surface area (Å²) in [5.41, 5.74) is 1.21. The SMILES string of the molecule is COC(=O)/C=C/[C@@H]1O[C@H]1CCCc1ccc(OC)c(OC)c1. The van der Waals surface area contributed by atoms with Gasteiger partial charge < -0.3 is 18.9 Å². The number of aryl methyl sites for hydroxylation is 1. The van der Waals surface area contributed by atoms with Gasteiger partial charge in [-0.25, -0.2) is 4.79 Å². The highest BCUT2D eigenvalue weighted by Crippen LogP contribution is 2.30. The highest BCUT2D eigenvalue weighted by molar-refractivity contribution is 5.81. The Morgan fingerprint density at radius 3 is 2.68 bits per heavy atom. The van der Waals surface area contributed by atoms with E-state index >= 15 is 0 Å². The summed E-state index contributed by atoms with van der Waals surface area (Å²) in [6.07, 6.45) is 6.36. The van der Waals surface area contributed by atoms with Crippen molar-refractivity contribution < 1.29 is 23.7 Å². The average Bonchev–Trinajstić information content (AvgIpc) is 3.30. The fourth-order valence-corrected chi connectivity index (χ4v) is 2.34. The maximum absolute atomic E-state index is 11.0. The number of methoxy groups -OCH3 is 3. The Bertz CT molecular complexity index is 538. The van der Waals surface area contributed by atoms with Crippen LogP contribution in [-0.2, 0) is 20.7 Å². The maximum atomic E-state index is 11.0. The fraction of sp³-hybridized carbons (Fsp3) is 0.471. The van der Waals surface area contributed by atoms with Gasteiger partial charge in [0, 0.05) is 6.08 Å². The molecule has 1 aliphatic rings. The van der Waals surface area contributed by atoms with Gasteiger partial charge in [-0.15, -0.1) is 0 Å². The number of rotatable bonds is 8. The van der Waals surface area contributed by atoms with Gasteiger partial charge in [-0.2, -0.15) is 0 Å². The first-order chi connectivity index (χ1) is 10.7. The molecule has 0 spiro atoms. The van der Waals surface area contributed by atoms with Crippen LogP contribution >= 0.6 is 0 Å². The van der Waals surface area contributed by atoms with E-state index < -0.39 is 0 Å². The molecule has 0 radical (unpaired) electrons. The minimum atomic E-state index is -0.348. The molecule has 1 aromatic rings. The van der Waals surface area contributed by atoms with Gasteiger partial charge in [-0.05, 0) is 43.0 Å². The number of epoxide rings is 1. The van der Waals surface area contributed by atoms with Gasteiger partial charge in [0.25, 0.3) is 0 Å². The lowest BCUT2D eigenvalue weighted by atomic mass is 10.1. The third-order valence-electron chi connectivity index (χ3n) is 3.65. The molecule has 0 N–H and O–H groups in total. The Morgan fingerprint density at radius 2 is 2.00 bits per heavy atom. The molecule has 1 aliphatic heterocycles. The van der Waals surface area contributed by atoms with Gasteiger partial charge in [0.1, 0.15) is 6.10 Å². The molecule has 1 heterocycles. The molecule has 0 aliphatic carbocycles. The first-order valence-electron chi connectivity index (χ1n) is 7.30. The predicted molar refractivity (Wildman–Crippen MR) is 82.3 cm³/mol. The van der Waals surface area contributed by atoms with E-state index in [0.29, 0.717) is 0 Å². The maximum Gasteiger partial charge on any atom is 0.330 e. The highest BCUT2D eigenvalue weighted by atomic mass is 16.6. The Balaban J connectivity index is 1.74. The molecule has 120 valence electrons. The third-order valence-corrected chi connectivity index (χ3v) is 3.65. The molecule has 1 saturated heterocycles. The van der Waals surface area contributed by atoms with Crippen molar-refractivity contribution in [2.75, 3.05) is 21.3 Å². The Kier molecular flexibility index (Phi) is 5.83. The highest BCUT2D eigenvalue weighted by Gasteiger charge is 2.35. The van der Waals surface area contributed by atoms with Crippen LogP contribution in [0.3, 0.4) is 0 Å². The largest absolute Gasteiger partial charge is 0.493 e. The van der Waals surface area contributed by atoms with E-state index in [2.05, 4.69) is 4.74 Å². The van der Waals surface area contributed by atoms with E-state index in [9.17, 15) is 4.79 Å². The molecule has 5 nitrogen and oxygen atoms in total. The van der Waals surface area contributed by atoms with Gasteiger partial charge in [0.2, 0.25) is 0 Å². The van der Waals surface area contributed by atoms with Crippen molar-refractivity contribution in [2.24, 2.45) is 0 Å². The van der Waals surface area contributed by atoms with Gasteiger partial charge in [-0.3, -0.25) is 0 Å². The number of esters is 1. The summed E-state index contributed by atoms with van der Waals surface area (Å²) in [5, 5.41) is 0. The summed E-state index contributed by atoms with van der Waals surface area (Å²) in [6.45, 7) is 0. The predicted octanol–water partition coefficient (Wildman–Crippen LogP) is 2.52. The van der Waals surface area contributed by atoms with E-state index in [-0.39, 0.29) is 18.2 Å². The van der Waals surface area contributed by atoms with Crippen LogP contribution < -0.4 is 9.47 Å². The Hall–Kier alpha value is -2.01. The molecule has 5 heteroatoms. The van der Waals surface area contributed by atoms with Crippen molar-refractivity contribution in [3.63, 3.8) is 0 Å². The molecule has 0 aromatic heterocycles. The number of hydrogen-bond donors (Lipinski definition) is 0. The number of ether oxygens (including phenoxy) is 4. The number of benzene rings is 1. The number of hydrogen-bond acceptors (Lipinski definition) is 5. The van der Waals surface area contributed by atoms with Crippen molar-refractivity contribution in [2.45, 2.75) is 31.5 Å². The zero-order valence-electron chi connectivity index (χ0n) is 13.2. The van der Waals surface area contributed by atoms with Crippen LogP contribution in [0.1, 0.15) is 18.4 Å². The second kappa shape index (κ2) is 7.84. The standard InChI is InChI=1S/C17H22O5/c1-19-13-8-7-12(11-16(13)20-2)5-4-6-14-15(22-14)9-10-17(18)21-3/h7-11,14-15H,4-6H2,1-3H3/b10-9+/t14-,15-/m0/s1. The van der Waals surface area contributed by atoms with Gasteiger partial charge in [0.05, 0.1) is 27.4 Å². The minimum absolute atomic E-state index is 0.0458. The summed E-state index contributed by atoms with van der Waals surface area (Å²) in [5.74, 6) is 1.14. The van der Waals surface area contributed by atoms with Crippen molar-refractivity contribution >= 4 is 5.97 Å².